The quantitative estimate of drug-likeness (QED) is 0.812. The topological polar surface area (TPSA) is 41.1 Å². The minimum absolute atomic E-state index is 0.0358. The number of carbonyl (C=O) groups is 1. The lowest BCUT2D eigenvalue weighted by Crippen LogP contribution is -2.23. The number of halogens is 1. The standard InChI is InChI=1S/C18H21BrN2O/c1-4-14-7-5-6-12(2)18(14)21-17(22)11-20-16-9-8-15(19)10-13(16)3/h5-10,20H,4,11H2,1-3H3,(H,21,22). The number of para-hydroxylation sites is 1. The van der Waals surface area contributed by atoms with Crippen LogP contribution in [-0.4, -0.2) is 12.5 Å². The molecule has 3 nitrogen and oxygen atoms in total. The molecule has 2 N–H and O–H groups in total. The summed E-state index contributed by atoms with van der Waals surface area (Å²) >= 11 is 3.44. The molecule has 2 aromatic carbocycles. The number of carbonyl (C=O) groups excluding carboxylic acids is 1. The number of rotatable bonds is 5. The maximum absolute atomic E-state index is 12.2. The fourth-order valence-corrected chi connectivity index (χ4v) is 2.86. The molecule has 0 atom stereocenters. The Labute approximate surface area is 140 Å². The van der Waals surface area contributed by atoms with Crippen LogP contribution in [-0.2, 0) is 11.2 Å². The van der Waals surface area contributed by atoms with Gasteiger partial charge in [0, 0.05) is 15.8 Å². The van der Waals surface area contributed by atoms with E-state index in [-0.39, 0.29) is 12.5 Å². The first kappa shape index (κ1) is 16.6. The molecule has 0 heterocycles. The van der Waals surface area contributed by atoms with Crippen molar-refractivity contribution in [3.8, 4) is 0 Å². The van der Waals surface area contributed by atoms with E-state index in [1.165, 1.54) is 0 Å². The van der Waals surface area contributed by atoms with Gasteiger partial charge in [-0.15, -0.1) is 0 Å². The number of aryl methyl sites for hydroxylation is 3. The highest BCUT2D eigenvalue weighted by Gasteiger charge is 2.09. The number of benzene rings is 2. The molecule has 0 fully saturated rings. The lowest BCUT2D eigenvalue weighted by Gasteiger charge is -2.14. The van der Waals surface area contributed by atoms with Gasteiger partial charge in [-0.25, -0.2) is 0 Å². The normalized spacial score (nSPS) is 10.4. The Morgan fingerprint density at radius 3 is 2.59 bits per heavy atom. The van der Waals surface area contributed by atoms with Gasteiger partial charge in [-0.3, -0.25) is 4.79 Å². The molecule has 0 aliphatic carbocycles. The first-order valence-electron chi connectivity index (χ1n) is 7.39. The molecule has 0 aliphatic rings. The van der Waals surface area contributed by atoms with Gasteiger partial charge < -0.3 is 10.6 Å². The summed E-state index contributed by atoms with van der Waals surface area (Å²) in [4.78, 5) is 12.2. The van der Waals surface area contributed by atoms with Gasteiger partial charge in [-0.2, -0.15) is 0 Å². The first-order valence-corrected chi connectivity index (χ1v) is 8.19. The van der Waals surface area contributed by atoms with E-state index in [0.717, 1.165) is 39.0 Å². The second kappa shape index (κ2) is 7.45. The van der Waals surface area contributed by atoms with Gasteiger partial charge in [-0.05, 0) is 55.2 Å². The minimum atomic E-state index is -0.0358. The number of anilines is 2. The monoisotopic (exact) mass is 360 g/mol. The van der Waals surface area contributed by atoms with Crippen molar-refractivity contribution in [1.29, 1.82) is 0 Å². The SMILES string of the molecule is CCc1cccc(C)c1NC(=O)CNc1ccc(Br)cc1C. The molecule has 0 unspecified atom stereocenters. The van der Waals surface area contributed by atoms with E-state index in [9.17, 15) is 4.79 Å². The average molecular weight is 361 g/mol. The summed E-state index contributed by atoms with van der Waals surface area (Å²) in [7, 11) is 0. The van der Waals surface area contributed by atoms with Gasteiger partial charge >= 0.3 is 0 Å². The second-order valence-electron chi connectivity index (χ2n) is 5.32. The maximum atomic E-state index is 12.2. The predicted molar refractivity (Wildman–Crippen MR) is 96.6 cm³/mol. The lowest BCUT2D eigenvalue weighted by atomic mass is 10.1. The van der Waals surface area contributed by atoms with Gasteiger partial charge in [0.25, 0.3) is 0 Å². The highest BCUT2D eigenvalue weighted by Crippen LogP contribution is 2.22. The molecule has 22 heavy (non-hydrogen) atoms. The molecular formula is C18H21BrN2O. The summed E-state index contributed by atoms with van der Waals surface area (Å²) in [6.07, 6.45) is 0.899. The van der Waals surface area contributed by atoms with Crippen molar-refractivity contribution in [2.45, 2.75) is 27.2 Å². The number of hydrogen-bond donors (Lipinski definition) is 2. The first-order chi connectivity index (χ1) is 10.5. The lowest BCUT2D eigenvalue weighted by molar-refractivity contribution is -0.114. The second-order valence-corrected chi connectivity index (χ2v) is 6.24. The molecule has 1 amide bonds. The highest BCUT2D eigenvalue weighted by molar-refractivity contribution is 9.10. The summed E-state index contributed by atoms with van der Waals surface area (Å²) in [5, 5.41) is 6.20. The maximum Gasteiger partial charge on any atom is 0.243 e. The van der Waals surface area contributed by atoms with Crippen molar-refractivity contribution in [3.05, 3.63) is 57.6 Å². The summed E-state index contributed by atoms with van der Waals surface area (Å²) < 4.78 is 1.03. The van der Waals surface area contributed by atoms with E-state index >= 15 is 0 Å². The van der Waals surface area contributed by atoms with Crippen LogP contribution >= 0.6 is 15.9 Å². The third-order valence-electron chi connectivity index (χ3n) is 3.63. The highest BCUT2D eigenvalue weighted by atomic mass is 79.9. The van der Waals surface area contributed by atoms with E-state index < -0.39 is 0 Å². The van der Waals surface area contributed by atoms with Gasteiger partial charge in [-0.1, -0.05) is 41.1 Å². The fraction of sp³-hybridized carbons (Fsp3) is 0.278. The van der Waals surface area contributed by atoms with Gasteiger partial charge in [0.1, 0.15) is 0 Å². The largest absolute Gasteiger partial charge is 0.376 e. The van der Waals surface area contributed by atoms with Crippen molar-refractivity contribution in [1.82, 2.24) is 0 Å². The molecule has 0 aliphatic heterocycles. The number of amides is 1. The molecule has 4 heteroatoms. The van der Waals surface area contributed by atoms with Crippen molar-refractivity contribution < 1.29 is 4.79 Å². The molecule has 0 aromatic heterocycles. The van der Waals surface area contributed by atoms with Crippen molar-refractivity contribution in [2.24, 2.45) is 0 Å². The number of hydrogen-bond acceptors (Lipinski definition) is 2. The zero-order valence-corrected chi connectivity index (χ0v) is 14.8. The molecule has 0 saturated carbocycles. The van der Waals surface area contributed by atoms with Crippen LogP contribution in [0.15, 0.2) is 40.9 Å². The van der Waals surface area contributed by atoms with E-state index in [4.69, 9.17) is 0 Å². The Bertz CT molecular complexity index is 683. The molecule has 0 radical (unpaired) electrons. The molecular weight excluding hydrogens is 340 g/mol. The van der Waals surface area contributed by atoms with Crippen LogP contribution in [0.2, 0.25) is 0 Å². The third-order valence-corrected chi connectivity index (χ3v) is 4.13. The Hall–Kier alpha value is -1.81. The molecule has 2 rings (SSSR count). The van der Waals surface area contributed by atoms with Crippen LogP contribution in [0.3, 0.4) is 0 Å². The van der Waals surface area contributed by atoms with Gasteiger partial charge in [0.15, 0.2) is 0 Å². The van der Waals surface area contributed by atoms with Crippen LogP contribution in [0.25, 0.3) is 0 Å². The summed E-state index contributed by atoms with van der Waals surface area (Å²) in [5.41, 5.74) is 5.26. The van der Waals surface area contributed by atoms with Crippen molar-refractivity contribution in [3.63, 3.8) is 0 Å². The fourth-order valence-electron chi connectivity index (χ4n) is 2.39. The average Bonchev–Trinajstić information content (AvgIpc) is 2.48. The van der Waals surface area contributed by atoms with E-state index in [1.807, 2.05) is 44.2 Å². The van der Waals surface area contributed by atoms with Crippen LogP contribution in [0.5, 0.6) is 0 Å². The molecule has 0 bridgehead atoms. The van der Waals surface area contributed by atoms with Crippen LogP contribution in [0.4, 0.5) is 11.4 Å². The Balaban J connectivity index is 2.02. The Morgan fingerprint density at radius 1 is 1.14 bits per heavy atom. The van der Waals surface area contributed by atoms with Crippen LogP contribution in [0.1, 0.15) is 23.6 Å². The van der Waals surface area contributed by atoms with E-state index in [1.54, 1.807) is 0 Å². The zero-order chi connectivity index (χ0) is 16.1. The molecule has 0 saturated heterocycles. The summed E-state index contributed by atoms with van der Waals surface area (Å²) in [6.45, 7) is 6.37. The third kappa shape index (κ3) is 4.10. The van der Waals surface area contributed by atoms with Crippen molar-refractivity contribution >= 4 is 33.2 Å². The number of nitrogens with one attached hydrogen (secondary N) is 2. The summed E-state index contributed by atoms with van der Waals surface area (Å²) in [6, 6.07) is 12.0. The Morgan fingerprint density at radius 2 is 1.91 bits per heavy atom. The molecule has 2 aromatic rings. The van der Waals surface area contributed by atoms with E-state index in [2.05, 4.69) is 39.6 Å². The van der Waals surface area contributed by atoms with Crippen molar-refractivity contribution in [2.75, 3.05) is 17.2 Å². The van der Waals surface area contributed by atoms with Gasteiger partial charge in [0.05, 0.1) is 6.54 Å². The Kier molecular flexibility index (Phi) is 5.61. The molecule has 116 valence electrons. The van der Waals surface area contributed by atoms with Crippen LogP contribution < -0.4 is 10.6 Å². The zero-order valence-electron chi connectivity index (χ0n) is 13.2. The summed E-state index contributed by atoms with van der Waals surface area (Å²) in [5.74, 6) is -0.0358. The van der Waals surface area contributed by atoms with E-state index in [0.29, 0.717) is 0 Å². The van der Waals surface area contributed by atoms with Gasteiger partial charge in [0.2, 0.25) is 5.91 Å². The van der Waals surface area contributed by atoms with Crippen LogP contribution in [0, 0.1) is 13.8 Å². The minimum Gasteiger partial charge on any atom is -0.376 e. The smallest absolute Gasteiger partial charge is 0.243 e. The molecule has 0 spiro atoms. The predicted octanol–water partition coefficient (Wildman–Crippen LogP) is 4.68.